The molecule has 17 heavy (non-hydrogen) atoms. The van der Waals surface area contributed by atoms with E-state index in [4.69, 9.17) is 12.2 Å². The van der Waals surface area contributed by atoms with E-state index in [9.17, 15) is 8.42 Å². The first kappa shape index (κ1) is 14.4. The molecule has 1 aromatic heterocycles. The quantitative estimate of drug-likeness (QED) is 0.566. The molecule has 4 nitrogen and oxygen atoms in total. The van der Waals surface area contributed by atoms with Crippen LogP contribution in [0.15, 0.2) is 12.4 Å². The molecule has 0 N–H and O–H groups in total. The van der Waals surface area contributed by atoms with Crippen LogP contribution in [-0.2, 0) is 23.4 Å². The Morgan fingerprint density at radius 1 is 1.18 bits per heavy atom. The Labute approximate surface area is 108 Å². The van der Waals surface area contributed by atoms with Crippen molar-refractivity contribution >= 4 is 22.1 Å². The van der Waals surface area contributed by atoms with Gasteiger partial charge in [0, 0.05) is 38.0 Å². The van der Waals surface area contributed by atoms with Gasteiger partial charge in [-0.25, -0.2) is 8.42 Å². The third kappa shape index (κ3) is 5.50. The van der Waals surface area contributed by atoms with Crippen molar-refractivity contribution in [2.24, 2.45) is 7.05 Å². The number of nitrogens with zero attached hydrogens (tertiary/aromatic N) is 2. The standard InChI is InChI=1S/C11H20N2O2S2/c1-12-8-9-13(11(12)16)7-5-3-4-6-10-17(2,14)15/h8-9H,3-7,10H2,1-2H3. The van der Waals surface area contributed by atoms with Gasteiger partial charge in [0.25, 0.3) is 0 Å². The van der Waals surface area contributed by atoms with E-state index < -0.39 is 9.84 Å². The molecule has 1 heterocycles. The van der Waals surface area contributed by atoms with Crippen molar-refractivity contribution in [2.45, 2.75) is 32.2 Å². The lowest BCUT2D eigenvalue weighted by atomic mass is 10.2. The predicted octanol–water partition coefficient (Wildman–Crippen LogP) is 2.16. The molecule has 1 aromatic rings. The van der Waals surface area contributed by atoms with Gasteiger partial charge in [-0.15, -0.1) is 0 Å². The first-order valence-electron chi connectivity index (χ1n) is 5.79. The molecule has 0 spiro atoms. The zero-order valence-corrected chi connectivity index (χ0v) is 12.1. The molecule has 1 rings (SSSR count). The topological polar surface area (TPSA) is 44.0 Å². The molecule has 0 aliphatic rings. The summed E-state index contributed by atoms with van der Waals surface area (Å²) in [4.78, 5) is 0. The number of aromatic nitrogens is 2. The summed E-state index contributed by atoms with van der Waals surface area (Å²) < 4.78 is 26.6. The van der Waals surface area contributed by atoms with Gasteiger partial charge in [0.1, 0.15) is 9.84 Å². The second kappa shape index (κ2) is 6.35. The molecule has 0 aliphatic heterocycles. The summed E-state index contributed by atoms with van der Waals surface area (Å²) >= 11 is 5.22. The van der Waals surface area contributed by atoms with Crippen molar-refractivity contribution in [3.63, 3.8) is 0 Å². The Morgan fingerprint density at radius 3 is 2.35 bits per heavy atom. The van der Waals surface area contributed by atoms with Gasteiger partial charge >= 0.3 is 0 Å². The first-order chi connectivity index (χ1) is 7.90. The fraction of sp³-hybridized carbons (Fsp3) is 0.727. The molecule has 98 valence electrons. The van der Waals surface area contributed by atoms with E-state index in [0.29, 0.717) is 5.75 Å². The number of aryl methyl sites for hydroxylation is 2. The third-order valence-electron chi connectivity index (χ3n) is 2.68. The Kier molecular flexibility index (Phi) is 5.39. The maximum absolute atomic E-state index is 10.9. The molecule has 0 saturated heterocycles. The van der Waals surface area contributed by atoms with E-state index in [1.54, 1.807) is 0 Å². The van der Waals surface area contributed by atoms with Crippen LogP contribution in [0.5, 0.6) is 0 Å². The highest BCUT2D eigenvalue weighted by molar-refractivity contribution is 7.90. The zero-order valence-electron chi connectivity index (χ0n) is 10.4. The molecule has 0 aromatic carbocycles. The van der Waals surface area contributed by atoms with Crippen LogP contribution in [0, 0.1) is 4.77 Å². The van der Waals surface area contributed by atoms with Crippen LogP contribution in [0.1, 0.15) is 25.7 Å². The minimum atomic E-state index is -2.79. The average molecular weight is 276 g/mol. The lowest BCUT2D eigenvalue weighted by Gasteiger charge is -2.03. The number of imidazole rings is 1. The number of hydrogen-bond donors (Lipinski definition) is 0. The van der Waals surface area contributed by atoms with Crippen molar-refractivity contribution in [3.05, 3.63) is 17.2 Å². The fourth-order valence-corrected chi connectivity index (χ4v) is 2.62. The lowest BCUT2D eigenvalue weighted by Crippen LogP contribution is -2.03. The number of sulfone groups is 1. The zero-order chi connectivity index (χ0) is 12.9. The van der Waals surface area contributed by atoms with Crippen LogP contribution in [-0.4, -0.2) is 29.6 Å². The molecule has 0 bridgehead atoms. The van der Waals surface area contributed by atoms with Crippen molar-refractivity contribution in [1.82, 2.24) is 9.13 Å². The monoisotopic (exact) mass is 276 g/mol. The van der Waals surface area contributed by atoms with Crippen molar-refractivity contribution < 1.29 is 8.42 Å². The average Bonchev–Trinajstić information content (AvgIpc) is 2.53. The maximum atomic E-state index is 10.9. The summed E-state index contributed by atoms with van der Waals surface area (Å²) in [7, 11) is -0.857. The molecule has 0 radical (unpaired) electrons. The van der Waals surface area contributed by atoms with Gasteiger partial charge in [-0.05, 0) is 25.1 Å². The summed E-state index contributed by atoms with van der Waals surface area (Å²) in [6.45, 7) is 0.915. The van der Waals surface area contributed by atoms with Gasteiger partial charge < -0.3 is 9.13 Å². The number of hydrogen-bond acceptors (Lipinski definition) is 3. The molecule has 6 heteroatoms. The molecule has 0 amide bonds. The van der Waals surface area contributed by atoms with Crippen molar-refractivity contribution in [1.29, 1.82) is 0 Å². The van der Waals surface area contributed by atoms with E-state index in [1.165, 1.54) is 6.26 Å². The Hall–Kier alpha value is -0.620. The van der Waals surface area contributed by atoms with Crippen LogP contribution in [0.4, 0.5) is 0 Å². The van der Waals surface area contributed by atoms with E-state index in [0.717, 1.165) is 37.0 Å². The van der Waals surface area contributed by atoms with E-state index in [1.807, 2.05) is 28.6 Å². The smallest absolute Gasteiger partial charge is 0.179 e. The van der Waals surface area contributed by atoms with Gasteiger partial charge in [-0.1, -0.05) is 12.8 Å². The van der Waals surface area contributed by atoms with E-state index in [2.05, 4.69) is 0 Å². The largest absolute Gasteiger partial charge is 0.327 e. The molecular formula is C11H20N2O2S2. The molecular weight excluding hydrogens is 256 g/mol. The van der Waals surface area contributed by atoms with Gasteiger partial charge in [0.2, 0.25) is 0 Å². The van der Waals surface area contributed by atoms with E-state index >= 15 is 0 Å². The SMILES string of the molecule is Cn1ccn(CCCCCCS(C)(=O)=O)c1=S. The second-order valence-corrected chi connectivity index (χ2v) is 7.05. The summed E-state index contributed by atoms with van der Waals surface area (Å²) in [6.07, 6.45) is 9.04. The predicted molar refractivity (Wildman–Crippen MR) is 72.4 cm³/mol. The molecule has 0 unspecified atom stereocenters. The molecule has 0 saturated carbocycles. The van der Waals surface area contributed by atoms with Gasteiger partial charge in [-0.2, -0.15) is 0 Å². The van der Waals surface area contributed by atoms with Gasteiger partial charge in [0.15, 0.2) is 4.77 Å². The van der Waals surface area contributed by atoms with Crippen LogP contribution in [0.2, 0.25) is 0 Å². The number of unbranched alkanes of at least 4 members (excludes halogenated alkanes) is 3. The minimum absolute atomic E-state index is 0.303. The summed E-state index contributed by atoms with van der Waals surface area (Å²) in [5, 5.41) is 0. The van der Waals surface area contributed by atoms with Crippen LogP contribution in [0.25, 0.3) is 0 Å². The van der Waals surface area contributed by atoms with Gasteiger partial charge in [0.05, 0.1) is 0 Å². The summed E-state index contributed by atoms with van der Waals surface area (Å²) in [5.74, 6) is 0.303. The number of rotatable bonds is 7. The van der Waals surface area contributed by atoms with E-state index in [-0.39, 0.29) is 0 Å². The highest BCUT2D eigenvalue weighted by Crippen LogP contribution is 2.05. The van der Waals surface area contributed by atoms with Crippen LogP contribution < -0.4 is 0 Å². The van der Waals surface area contributed by atoms with Crippen molar-refractivity contribution in [3.8, 4) is 0 Å². The Morgan fingerprint density at radius 2 is 1.82 bits per heavy atom. The lowest BCUT2D eigenvalue weighted by molar-refractivity contribution is 0.566. The van der Waals surface area contributed by atoms with Gasteiger partial charge in [-0.3, -0.25) is 0 Å². The maximum Gasteiger partial charge on any atom is 0.179 e. The molecule has 0 atom stereocenters. The fourth-order valence-electron chi connectivity index (χ4n) is 1.68. The summed E-state index contributed by atoms with van der Waals surface area (Å²) in [5.41, 5.74) is 0. The minimum Gasteiger partial charge on any atom is -0.327 e. The molecule has 0 fully saturated rings. The van der Waals surface area contributed by atoms with Crippen LogP contribution in [0.3, 0.4) is 0 Å². The second-order valence-electron chi connectivity index (χ2n) is 4.43. The Bertz CT molecular complexity index is 500. The van der Waals surface area contributed by atoms with Crippen molar-refractivity contribution in [2.75, 3.05) is 12.0 Å². The summed E-state index contributed by atoms with van der Waals surface area (Å²) in [6, 6.07) is 0. The third-order valence-corrected chi connectivity index (χ3v) is 4.23. The van der Waals surface area contributed by atoms with Crippen LogP contribution >= 0.6 is 12.2 Å². The normalized spacial score (nSPS) is 11.9. The highest BCUT2D eigenvalue weighted by atomic mass is 32.2. The Balaban J connectivity index is 2.17. The first-order valence-corrected chi connectivity index (χ1v) is 8.26. The molecule has 0 aliphatic carbocycles. The highest BCUT2D eigenvalue weighted by Gasteiger charge is 2.01.